The van der Waals surface area contributed by atoms with Crippen molar-refractivity contribution in [3.63, 3.8) is 0 Å². The fourth-order valence-electron chi connectivity index (χ4n) is 10.5. The van der Waals surface area contributed by atoms with Gasteiger partial charge in [-0.25, -0.2) is 0 Å². The summed E-state index contributed by atoms with van der Waals surface area (Å²) in [6.07, 6.45) is 0. The van der Waals surface area contributed by atoms with Crippen LogP contribution >= 0.6 is 0 Å². The molecule has 12 rings (SSSR count). The summed E-state index contributed by atoms with van der Waals surface area (Å²) in [5.41, 5.74) is 21.6. The quantitative estimate of drug-likeness (QED) is 0.148. The zero-order valence-electron chi connectivity index (χ0n) is 36.5. The highest BCUT2D eigenvalue weighted by atomic mass is 15.1. The minimum atomic E-state index is -0.158. The van der Waals surface area contributed by atoms with E-state index in [1.807, 2.05) is 0 Å². The summed E-state index contributed by atoms with van der Waals surface area (Å²) in [5, 5.41) is 2.49. The predicted octanol–water partition coefficient (Wildman–Crippen LogP) is 17.2. The molecule has 0 radical (unpaired) electrons. The summed E-state index contributed by atoms with van der Waals surface area (Å²) >= 11 is 0. The van der Waals surface area contributed by atoms with Gasteiger partial charge in [-0.3, -0.25) is 0 Å². The first-order valence-corrected chi connectivity index (χ1v) is 22.6. The Labute approximate surface area is 381 Å². The Bertz CT molecular complexity index is 3550. The van der Waals surface area contributed by atoms with Crippen LogP contribution in [0.4, 0.5) is 17.1 Å². The number of anilines is 3. The Morgan fingerprint density at radius 2 is 0.892 bits per heavy atom. The van der Waals surface area contributed by atoms with Gasteiger partial charge in [0.2, 0.25) is 0 Å². The molecule has 1 aliphatic carbocycles. The first-order chi connectivity index (χ1) is 32.0. The van der Waals surface area contributed by atoms with Gasteiger partial charge in [0.1, 0.15) is 0 Å². The lowest BCUT2D eigenvalue weighted by atomic mass is 9.82. The van der Waals surface area contributed by atoms with E-state index in [2.05, 4.69) is 266 Å². The number of nitrogens with zero attached hydrogens (tertiary/aromatic N) is 2. The standard InChI is InChI=1S/C63H46N2/c1-63(2)57-30-16-14-26-52(57)53-39-38-49(42-58(53)63)64(61-32-18-29-51(45-21-8-4-9-22-45)62(61)55-28-13-12-25-50(55)44-19-6-3-7-20-44)48-36-33-43(34-37-48)46-35-40-60-56(41-46)54-27-15-17-31-59(54)65(60)47-23-10-5-11-24-47/h3-42H,1-2H3. The van der Waals surface area contributed by atoms with E-state index >= 15 is 0 Å². The Kier molecular flexibility index (Phi) is 9.21. The van der Waals surface area contributed by atoms with Crippen LogP contribution in [0.15, 0.2) is 243 Å². The van der Waals surface area contributed by atoms with Crippen molar-refractivity contribution in [3.8, 4) is 61.3 Å². The number of hydrogen-bond acceptors (Lipinski definition) is 1. The molecular weight excluding hydrogens is 785 g/mol. The maximum Gasteiger partial charge on any atom is 0.0546 e. The van der Waals surface area contributed by atoms with Gasteiger partial charge in [-0.1, -0.05) is 196 Å². The molecule has 2 nitrogen and oxygen atoms in total. The SMILES string of the molecule is CC1(C)c2ccccc2-c2ccc(N(c3ccc(-c4ccc5c(c4)c4ccccc4n5-c4ccccc4)cc3)c3cccc(-c4ccccc4)c3-c3ccccc3-c3ccccc3)cc21. The average Bonchev–Trinajstić information content (AvgIpc) is 3.82. The molecule has 1 aliphatic rings. The lowest BCUT2D eigenvalue weighted by molar-refractivity contribution is 0.660. The summed E-state index contributed by atoms with van der Waals surface area (Å²) in [5.74, 6) is 0. The number of benzene rings is 10. The molecule has 0 unspecified atom stereocenters. The highest BCUT2D eigenvalue weighted by molar-refractivity contribution is 6.10. The minimum absolute atomic E-state index is 0.158. The lowest BCUT2D eigenvalue weighted by Gasteiger charge is -2.31. The number of fused-ring (bicyclic) bond motifs is 6. The normalized spacial score (nSPS) is 12.6. The molecule has 0 aliphatic heterocycles. The molecule has 0 amide bonds. The maximum atomic E-state index is 2.49. The van der Waals surface area contributed by atoms with E-state index in [0.717, 1.165) is 22.7 Å². The smallest absolute Gasteiger partial charge is 0.0546 e. The molecule has 0 N–H and O–H groups in total. The van der Waals surface area contributed by atoms with E-state index < -0.39 is 0 Å². The Balaban J connectivity index is 1.06. The largest absolute Gasteiger partial charge is 0.310 e. The van der Waals surface area contributed by atoms with Crippen molar-refractivity contribution in [1.82, 2.24) is 4.57 Å². The van der Waals surface area contributed by atoms with Crippen molar-refractivity contribution in [3.05, 3.63) is 254 Å². The number of para-hydroxylation sites is 2. The highest BCUT2D eigenvalue weighted by Crippen LogP contribution is 2.53. The van der Waals surface area contributed by atoms with Gasteiger partial charge in [-0.05, 0) is 122 Å². The molecule has 0 fully saturated rings. The van der Waals surface area contributed by atoms with E-state index in [1.54, 1.807) is 0 Å². The second-order valence-corrected chi connectivity index (χ2v) is 17.7. The molecule has 0 atom stereocenters. The molecule has 0 bridgehead atoms. The zero-order valence-corrected chi connectivity index (χ0v) is 36.5. The minimum Gasteiger partial charge on any atom is -0.310 e. The van der Waals surface area contributed by atoms with Crippen molar-refractivity contribution in [2.24, 2.45) is 0 Å². The van der Waals surface area contributed by atoms with Crippen LogP contribution in [-0.4, -0.2) is 4.57 Å². The fourth-order valence-corrected chi connectivity index (χ4v) is 10.5. The van der Waals surface area contributed by atoms with E-state index in [1.165, 1.54) is 88.6 Å². The predicted molar refractivity (Wildman–Crippen MR) is 275 cm³/mol. The van der Waals surface area contributed by atoms with E-state index in [9.17, 15) is 0 Å². The summed E-state index contributed by atoms with van der Waals surface area (Å²) in [4.78, 5) is 2.49. The van der Waals surface area contributed by atoms with Crippen LogP contribution in [0.2, 0.25) is 0 Å². The third-order valence-corrected chi connectivity index (χ3v) is 13.6. The molecule has 65 heavy (non-hydrogen) atoms. The van der Waals surface area contributed by atoms with Gasteiger partial charge in [-0.15, -0.1) is 0 Å². The van der Waals surface area contributed by atoms with Crippen molar-refractivity contribution in [2.45, 2.75) is 19.3 Å². The summed E-state index contributed by atoms with van der Waals surface area (Å²) in [7, 11) is 0. The van der Waals surface area contributed by atoms with Crippen molar-refractivity contribution in [1.29, 1.82) is 0 Å². The first kappa shape index (κ1) is 38.5. The molecule has 10 aromatic carbocycles. The second kappa shape index (κ2) is 15.6. The average molecular weight is 831 g/mol. The molecule has 11 aromatic rings. The van der Waals surface area contributed by atoms with Gasteiger partial charge in [0.05, 0.1) is 16.7 Å². The van der Waals surface area contributed by atoms with E-state index in [0.29, 0.717) is 0 Å². The van der Waals surface area contributed by atoms with Gasteiger partial charge in [0, 0.05) is 38.8 Å². The van der Waals surface area contributed by atoms with Crippen LogP contribution in [0.25, 0.3) is 83.1 Å². The van der Waals surface area contributed by atoms with Crippen LogP contribution < -0.4 is 4.90 Å². The maximum absolute atomic E-state index is 2.49. The third kappa shape index (κ3) is 6.40. The highest BCUT2D eigenvalue weighted by Gasteiger charge is 2.36. The fraction of sp³-hybridized carbons (Fsp3) is 0.0476. The van der Waals surface area contributed by atoms with E-state index in [-0.39, 0.29) is 5.41 Å². The number of rotatable bonds is 8. The van der Waals surface area contributed by atoms with Crippen LogP contribution in [-0.2, 0) is 5.41 Å². The van der Waals surface area contributed by atoms with Crippen molar-refractivity contribution in [2.75, 3.05) is 4.90 Å². The Morgan fingerprint density at radius 3 is 1.65 bits per heavy atom. The van der Waals surface area contributed by atoms with Crippen LogP contribution in [0.5, 0.6) is 0 Å². The molecule has 0 saturated carbocycles. The van der Waals surface area contributed by atoms with Crippen LogP contribution in [0, 0.1) is 0 Å². The lowest BCUT2D eigenvalue weighted by Crippen LogP contribution is -2.17. The van der Waals surface area contributed by atoms with Gasteiger partial charge >= 0.3 is 0 Å². The van der Waals surface area contributed by atoms with E-state index in [4.69, 9.17) is 0 Å². The van der Waals surface area contributed by atoms with Crippen LogP contribution in [0.3, 0.4) is 0 Å². The number of hydrogen-bond donors (Lipinski definition) is 0. The molecule has 0 saturated heterocycles. The van der Waals surface area contributed by atoms with Crippen molar-refractivity contribution >= 4 is 38.9 Å². The third-order valence-electron chi connectivity index (χ3n) is 13.6. The molecule has 308 valence electrons. The topological polar surface area (TPSA) is 8.17 Å². The number of aromatic nitrogens is 1. The molecule has 1 heterocycles. The summed E-state index contributed by atoms with van der Waals surface area (Å²) in [6.45, 7) is 4.73. The van der Waals surface area contributed by atoms with Gasteiger partial charge < -0.3 is 9.47 Å². The first-order valence-electron chi connectivity index (χ1n) is 22.6. The molecule has 0 spiro atoms. The van der Waals surface area contributed by atoms with Crippen molar-refractivity contribution < 1.29 is 0 Å². The van der Waals surface area contributed by atoms with Gasteiger partial charge in [0.15, 0.2) is 0 Å². The molecule has 2 heteroatoms. The monoisotopic (exact) mass is 830 g/mol. The Morgan fingerprint density at radius 1 is 0.338 bits per heavy atom. The van der Waals surface area contributed by atoms with Crippen LogP contribution in [0.1, 0.15) is 25.0 Å². The second-order valence-electron chi connectivity index (χ2n) is 17.7. The van der Waals surface area contributed by atoms with Gasteiger partial charge in [-0.2, -0.15) is 0 Å². The van der Waals surface area contributed by atoms with Gasteiger partial charge in [0.25, 0.3) is 0 Å². The summed E-state index contributed by atoms with van der Waals surface area (Å²) in [6, 6.07) is 88.9. The zero-order chi connectivity index (χ0) is 43.5. The Hall–Kier alpha value is -8.20. The summed E-state index contributed by atoms with van der Waals surface area (Å²) < 4.78 is 2.38. The molecular formula is C63H46N2. The molecule has 1 aromatic heterocycles.